The second-order valence-electron chi connectivity index (χ2n) is 10.0. The van der Waals surface area contributed by atoms with Crippen LogP contribution in [0.4, 0.5) is 5.69 Å². The van der Waals surface area contributed by atoms with Gasteiger partial charge in [-0.3, -0.25) is 4.79 Å². The van der Waals surface area contributed by atoms with Crippen molar-refractivity contribution in [2.24, 2.45) is 0 Å². The van der Waals surface area contributed by atoms with Gasteiger partial charge >= 0.3 is 0 Å². The Morgan fingerprint density at radius 1 is 1.12 bits per heavy atom. The number of benzene rings is 2. The summed E-state index contributed by atoms with van der Waals surface area (Å²) < 4.78 is 11.7. The van der Waals surface area contributed by atoms with Crippen molar-refractivity contribution in [2.75, 3.05) is 18.5 Å². The number of rotatable bonds is 9. The molecule has 2 atom stereocenters. The van der Waals surface area contributed by atoms with Crippen molar-refractivity contribution in [3.8, 4) is 11.5 Å². The Morgan fingerprint density at radius 2 is 1.88 bits per heavy atom. The van der Waals surface area contributed by atoms with Gasteiger partial charge in [0.1, 0.15) is 13.2 Å². The smallest absolute Gasteiger partial charge is 0.224 e. The van der Waals surface area contributed by atoms with Gasteiger partial charge in [-0.25, -0.2) is 0 Å². The molecule has 180 valence electrons. The SMILES string of the molecule is CCCCCC(CC(=O)Nc1cc(C(C)O)ccc1C(C)(C)C)c1cccc2c1OCCO2. The number of anilines is 1. The largest absolute Gasteiger partial charge is 0.486 e. The Balaban J connectivity index is 1.86. The Labute approximate surface area is 198 Å². The average molecular weight is 454 g/mol. The van der Waals surface area contributed by atoms with E-state index in [0.29, 0.717) is 19.6 Å². The molecule has 33 heavy (non-hydrogen) atoms. The van der Waals surface area contributed by atoms with Crippen molar-refractivity contribution in [1.82, 2.24) is 0 Å². The van der Waals surface area contributed by atoms with E-state index in [-0.39, 0.29) is 17.2 Å². The summed E-state index contributed by atoms with van der Waals surface area (Å²) in [4.78, 5) is 13.3. The first-order valence-corrected chi connectivity index (χ1v) is 12.2. The second kappa shape index (κ2) is 11.1. The zero-order valence-corrected chi connectivity index (χ0v) is 20.7. The summed E-state index contributed by atoms with van der Waals surface area (Å²) in [6.07, 6.45) is 4.02. The Bertz CT molecular complexity index is 945. The van der Waals surface area contributed by atoms with E-state index >= 15 is 0 Å². The van der Waals surface area contributed by atoms with Crippen molar-refractivity contribution in [1.29, 1.82) is 0 Å². The van der Waals surface area contributed by atoms with Crippen molar-refractivity contribution >= 4 is 11.6 Å². The lowest BCUT2D eigenvalue weighted by molar-refractivity contribution is -0.116. The maximum atomic E-state index is 13.3. The third-order valence-electron chi connectivity index (χ3n) is 6.23. The van der Waals surface area contributed by atoms with Crippen molar-refractivity contribution in [3.05, 3.63) is 53.1 Å². The van der Waals surface area contributed by atoms with Crippen LogP contribution >= 0.6 is 0 Å². The summed E-state index contributed by atoms with van der Waals surface area (Å²) in [5.41, 5.74) is 3.53. The maximum Gasteiger partial charge on any atom is 0.224 e. The summed E-state index contributed by atoms with van der Waals surface area (Å²) >= 11 is 0. The zero-order chi connectivity index (χ0) is 24.0. The number of carbonyl (C=O) groups is 1. The van der Waals surface area contributed by atoms with Gasteiger partial charge in [0.25, 0.3) is 0 Å². The third-order valence-corrected chi connectivity index (χ3v) is 6.23. The predicted molar refractivity (Wildman–Crippen MR) is 133 cm³/mol. The molecule has 1 aliphatic heterocycles. The molecular weight excluding hydrogens is 414 g/mol. The van der Waals surface area contributed by atoms with E-state index in [0.717, 1.165) is 59.6 Å². The number of amides is 1. The van der Waals surface area contributed by atoms with Crippen LogP contribution in [0, 0.1) is 0 Å². The van der Waals surface area contributed by atoms with Gasteiger partial charge in [-0.05, 0) is 47.9 Å². The van der Waals surface area contributed by atoms with Crippen LogP contribution in [0.15, 0.2) is 36.4 Å². The van der Waals surface area contributed by atoms with Crippen LogP contribution < -0.4 is 14.8 Å². The number of aliphatic hydroxyl groups excluding tert-OH is 1. The van der Waals surface area contributed by atoms with Crippen LogP contribution in [-0.4, -0.2) is 24.2 Å². The number of hydrogen-bond donors (Lipinski definition) is 2. The van der Waals surface area contributed by atoms with Gasteiger partial charge in [0.2, 0.25) is 5.91 Å². The number of hydrogen-bond acceptors (Lipinski definition) is 4. The Morgan fingerprint density at radius 3 is 2.58 bits per heavy atom. The molecule has 0 aromatic heterocycles. The summed E-state index contributed by atoms with van der Waals surface area (Å²) in [6, 6.07) is 11.8. The first kappa shape index (κ1) is 25.1. The molecule has 1 amide bonds. The highest BCUT2D eigenvalue weighted by Gasteiger charge is 2.25. The molecule has 0 fully saturated rings. The number of nitrogens with one attached hydrogen (secondary N) is 1. The van der Waals surface area contributed by atoms with E-state index in [4.69, 9.17) is 9.47 Å². The normalized spacial score (nSPS) is 15.1. The lowest BCUT2D eigenvalue weighted by Gasteiger charge is -2.26. The lowest BCUT2D eigenvalue weighted by Crippen LogP contribution is -2.22. The summed E-state index contributed by atoms with van der Waals surface area (Å²) in [7, 11) is 0. The highest BCUT2D eigenvalue weighted by atomic mass is 16.6. The van der Waals surface area contributed by atoms with Gasteiger partial charge in [0.15, 0.2) is 11.5 Å². The van der Waals surface area contributed by atoms with Gasteiger partial charge in [0.05, 0.1) is 6.10 Å². The zero-order valence-electron chi connectivity index (χ0n) is 20.7. The van der Waals surface area contributed by atoms with Crippen LogP contribution in [0.1, 0.15) is 95.4 Å². The summed E-state index contributed by atoms with van der Waals surface area (Å²) in [6.45, 7) is 11.4. The first-order chi connectivity index (χ1) is 15.7. The van der Waals surface area contributed by atoms with Crippen LogP contribution in [0.5, 0.6) is 11.5 Å². The highest BCUT2D eigenvalue weighted by Crippen LogP contribution is 2.41. The Kier molecular flexibility index (Phi) is 8.41. The van der Waals surface area contributed by atoms with Gasteiger partial charge in [0, 0.05) is 17.7 Å². The molecule has 2 unspecified atom stereocenters. The minimum atomic E-state index is -0.593. The lowest BCUT2D eigenvalue weighted by atomic mass is 9.84. The standard InChI is InChI=1S/C28H39NO4/c1-6-7-8-10-21(22-11-9-12-25-27(22)33-16-15-32-25)18-26(31)29-24-17-20(19(2)30)13-14-23(24)28(3,4)5/h9,11-14,17,19,21,30H,6-8,10,15-16,18H2,1-5H3,(H,29,31). The van der Waals surface area contributed by atoms with Crippen LogP contribution in [-0.2, 0) is 10.2 Å². The number of aliphatic hydroxyl groups is 1. The van der Waals surface area contributed by atoms with Crippen LogP contribution in [0.2, 0.25) is 0 Å². The maximum absolute atomic E-state index is 13.3. The second-order valence-corrected chi connectivity index (χ2v) is 10.0. The minimum absolute atomic E-state index is 0.0286. The minimum Gasteiger partial charge on any atom is -0.486 e. The van der Waals surface area contributed by atoms with Crippen LogP contribution in [0.3, 0.4) is 0 Å². The van der Waals surface area contributed by atoms with E-state index in [1.54, 1.807) is 6.92 Å². The molecule has 0 saturated heterocycles. The van der Waals surface area contributed by atoms with Gasteiger partial charge in [-0.1, -0.05) is 71.2 Å². The number of unbranched alkanes of at least 4 members (excludes halogenated alkanes) is 2. The number of ether oxygens (including phenoxy) is 2. The molecular formula is C28H39NO4. The molecule has 0 radical (unpaired) electrons. The predicted octanol–water partition coefficient (Wildman–Crippen LogP) is 6.50. The van der Waals surface area contributed by atoms with E-state index in [1.807, 2.05) is 30.3 Å². The molecule has 0 bridgehead atoms. The van der Waals surface area contributed by atoms with E-state index < -0.39 is 6.10 Å². The van der Waals surface area contributed by atoms with E-state index in [9.17, 15) is 9.90 Å². The molecule has 1 heterocycles. The highest BCUT2D eigenvalue weighted by molar-refractivity contribution is 5.92. The molecule has 5 heteroatoms. The fourth-order valence-electron chi connectivity index (χ4n) is 4.43. The third kappa shape index (κ3) is 6.50. The molecule has 1 aliphatic rings. The number of fused-ring (bicyclic) bond motifs is 1. The first-order valence-electron chi connectivity index (χ1n) is 12.2. The average Bonchev–Trinajstić information content (AvgIpc) is 2.77. The summed E-state index contributed by atoms with van der Waals surface area (Å²) in [5, 5.41) is 13.2. The van der Waals surface area contributed by atoms with Crippen LogP contribution in [0.25, 0.3) is 0 Å². The number of para-hydroxylation sites is 1. The molecule has 0 saturated carbocycles. The molecule has 2 aromatic rings. The van der Waals surface area contributed by atoms with Crippen molar-refractivity contribution in [2.45, 2.75) is 84.2 Å². The molecule has 0 spiro atoms. The molecule has 0 aliphatic carbocycles. The number of carbonyl (C=O) groups excluding carboxylic acids is 1. The summed E-state index contributed by atoms with van der Waals surface area (Å²) in [5.74, 6) is 1.56. The van der Waals surface area contributed by atoms with E-state index in [2.05, 4.69) is 39.1 Å². The van der Waals surface area contributed by atoms with Crippen molar-refractivity contribution in [3.63, 3.8) is 0 Å². The fourth-order valence-corrected chi connectivity index (χ4v) is 4.43. The molecule has 2 aromatic carbocycles. The Hall–Kier alpha value is -2.53. The van der Waals surface area contributed by atoms with Crippen molar-refractivity contribution < 1.29 is 19.4 Å². The quantitative estimate of drug-likeness (QED) is 0.425. The van der Waals surface area contributed by atoms with Gasteiger partial charge in [-0.15, -0.1) is 0 Å². The molecule has 3 rings (SSSR count). The molecule has 5 nitrogen and oxygen atoms in total. The topological polar surface area (TPSA) is 67.8 Å². The molecule has 2 N–H and O–H groups in total. The monoisotopic (exact) mass is 453 g/mol. The van der Waals surface area contributed by atoms with E-state index in [1.165, 1.54) is 0 Å². The fraction of sp³-hybridized carbons (Fsp3) is 0.536. The van der Waals surface area contributed by atoms with Gasteiger partial charge < -0.3 is 19.9 Å². The van der Waals surface area contributed by atoms with Gasteiger partial charge in [-0.2, -0.15) is 0 Å².